The monoisotopic (exact) mass is 226 g/mol. The van der Waals surface area contributed by atoms with E-state index in [2.05, 4.69) is 17.1 Å². The topological polar surface area (TPSA) is 24.5 Å². The molecule has 16 heavy (non-hydrogen) atoms. The highest BCUT2D eigenvalue weighted by Gasteiger charge is 2.20. The maximum atomic E-state index is 5.66. The van der Waals surface area contributed by atoms with Crippen molar-refractivity contribution >= 4 is 0 Å². The van der Waals surface area contributed by atoms with Crippen LogP contribution in [0.4, 0.5) is 0 Å². The van der Waals surface area contributed by atoms with E-state index in [4.69, 9.17) is 4.74 Å². The maximum Gasteiger partial charge on any atom is 0.0494 e. The minimum Gasteiger partial charge on any atom is -0.381 e. The Balaban J connectivity index is 1.47. The predicted molar refractivity (Wildman–Crippen MR) is 66.7 cm³/mol. The summed E-state index contributed by atoms with van der Waals surface area (Å²) in [7, 11) is 0. The first-order valence-electron chi connectivity index (χ1n) is 6.88. The van der Waals surface area contributed by atoms with Crippen LogP contribution in [0.2, 0.25) is 0 Å². The SMILES string of the molecule is CC1CCN(CCCOCC2CC2)CCN1. The van der Waals surface area contributed by atoms with Crippen LogP contribution in [0.3, 0.4) is 0 Å². The molecule has 0 aromatic carbocycles. The average molecular weight is 226 g/mol. The van der Waals surface area contributed by atoms with E-state index in [9.17, 15) is 0 Å². The first kappa shape index (κ1) is 12.3. The average Bonchev–Trinajstić information content (AvgIpc) is 3.07. The Morgan fingerprint density at radius 2 is 2.12 bits per heavy atom. The van der Waals surface area contributed by atoms with Crippen molar-refractivity contribution in [1.29, 1.82) is 0 Å². The third-order valence-electron chi connectivity index (χ3n) is 3.61. The van der Waals surface area contributed by atoms with Crippen LogP contribution in [-0.4, -0.2) is 50.3 Å². The van der Waals surface area contributed by atoms with Crippen molar-refractivity contribution in [3.05, 3.63) is 0 Å². The molecular weight excluding hydrogens is 200 g/mol. The zero-order chi connectivity index (χ0) is 11.2. The number of ether oxygens (including phenoxy) is 1. The quantitative estimate of drug-likeness (QED) is 0.694. The molecule has 1 N–H and O–H groups in total. The van der Waals surface area contributed by atoms with E-state index < -0.39 is 0 Å². The fourth-order valence-corrected chi connectivity index (χ4v) is 2.21. The van der Waals surface area contributed by atoms with E-state index in [0.717, 1.165) is 25.7 Å². The molecule has 1 unspecified atom stereocenters. The van der Waals surface area contributed by atoms with E-state index in [1.54, 1.807) is 0 Å². The molecule has 0 radical (unpaired) electrons. The molecule has 0 bridgehead atoms. The summed E-state index contributed by atoms with van der Waals surface area (Å²) >= 11 is 0. The van der Waals surface area contributed by atoms with E-state index in [1.165, 1.54) is 45.3 Å². The molecule has 1 saturated carbocycles. The first-order chi connectivity index (χ1) is 7.84. The molecule has 2 fully saturated rings. The summed E-state index contributed by atoms with van der Waals surface area (Å²) in [4.78, 5) is 2.57. The van der Waals surface area contributed by atoms with Gasteiger partial charge in [0, 0.05) is 38.9 Å². The number of rotatable bonds is 6. The fourth-order valence-electron chi connectivity index (χ4n) is 2.21. The molecule has 1 aliphatic carbocycles. The van der Waals surface area contributed by atoms with Gasteiger partial charge in [0.2, 0.25) is 0 Å². The van der Waals surface area contributed by atoms with Crippen molar-refractivity contribution in [2.75, 3.05) is 39.4 Å². The van der Waals surface area contributed by atoms with Gasteiger partial charge >= 0.3 is 0 Å². The van der Waals surface area contributed by atoms with Crippen LogP contribution in [0, 0.1) is 5.92 Å². The van der Waals surface area contributed by atoms with Gasteiger partial charge in [0.15, 0.2) is 0 Å². The van der Waals surface area contributed by atoms with Gasteiger partial charge < -0.3 is 15.0 Å². The minimum atomic E-state index is 0.691. The van der Waals surface area contributed by atoms with Crippen LogP contribution < -0.4 is 5.32 Å². The molecule has 2 aliphatic rings. The van der Waals surface area contributed by atoms with Gasteiger partial charge in [-0.1, -0.05) is 0 Å². The molecule has 3 heteroatoms. The molecule has 1 saturated heterocycles. The lowest BCUT2D eigenvalue weighted by atomic mass is 10.2. The maximum absolute atomic E-state index is 5.66. The van der Waals surface area contributed by atoms with Crippen LogP contribution >= 0.6 is 0 Å². The van der Waals surface area contributed by atoms with Crippen LogP contribution in [0.25, 0.3) is 0 Å². The van der Waals surface area contributed by atoms with Crippen molar-refractivity contribution in [3.8, 4) is 0 Å². The van der Waals surface area contributed by atoms with Crippen LogP contribution in [-0.2, 0) is 4.74 Å². The van der Waals surface area contributed by atoms with Gasteiger partial charge in [0.05, 0.1) is 0 Å². The van der Waals surface area contributed by atoms with Crippen molar-refractivity contribution < 1.29 is 4.74 Å². The normalized spacial score (nSPS) is 27.9. The number of hydrogen-bond acceptors (Lipinski definition) is 3. The molecule has 2 rings (SSSR count). The summed E-state index contributed by atoms with van der Waals surface area (Å²) in [6, 6.07) is 0.691. The van der Waals surface area contributed by atoms with Crippen molar-refractivity contribution in [3.63, 3.8) is 0 Å². The second kappa shape index (κ2) is 6.58. The van der Waals surface area contributed by atoms with E-state index in [1.807, 2.05) is 0 Å². The lowest BCUT2D eigenvalue weighted by Crippen LogP contribution is -2.30. The van der Waals surface area contributed by atoms with Gasteiger partial charge in [-0.2, -0.15) is 0 Å². The Morgan fingerprint density at radius 3 is 2.94 bits per heavy atom. The van der Waals surface area contributed by atoms with Crippen LogP contribution in [0.15, 0.2) is 0 Å². The number of nitrogens with one attached hydrogen (secondary N) is 1. The van der Waals surface area contributed by atoms with Crippen LogP contribution in [0.1, 0.15) is 32.6 Å². The highest BCUT2D eigenvalue weighted by Crippen LogP contribution is 2.28. The molecule has 94 valence electrons. The predicted octanol–water partition coefficient (Wildman–Crippen LogP) is 1.49. The lowest BCUT2D eigenvalue weighted by molar-refractivity contribution is 0.112. The van der Waals surface area contributed by atoms with E-state index in [0.29, 0.717) is 6.04 Å². The van der Waals surface area contributed by atoms with Crippen molar-refractivity contribution in [2.45, 2.75) is 38.6 Å². The lowest BCUT2D eigenvalue weighted by Gasteiger charge is -2.19. The first-order valence-corrected chi connectivity index (χ1v) is 6.88. The molecule has 0 amide bonds. The molecule has 1 heterocycles. The standard InChI is InChI=1S/C13H26N2O/c1-12-5-8-15(9-6-14-12)7-2-10-16-11-13-3-4-13/h12-14H,2-11H2,1H3. The Morgan fingerprint density at radius 1 is 1.25 bits per heavy atom. The molecule has 1 atom stereocenters. The zero-order valence-electron chi connectivity index (χ0n) is 10.6. The van der Waals surface area contributed by atoms with Crippen LogP contribution in [0.5, 0.6) is 0 Å². The summed E-state index contributed by atoms with van der Waals surface area (Å²) in [6.07, 6.45) is 5.27. The highest BCUT2D eigenvalue weighted by atomic mass is 16.5. The Labute approximate surface area is 99.5 Å². The summed E-state index contributed by atoms with van der Waals surface area (Å²) in [6.45, 7) is 9.05. The van der Waals surface area contributed by atoms with Crippen molar-refractivity contribution in [1.82, 2.24) is 10.2 Å². The molecular formula is C13H26N2O. The Hall–Kier alpha value is -0.120. The fraction of sp³-hybridized carbons (Fsp3) is 1.00. The number of hydrogen-bond donors (Lipinski definition) is 1. The number of nitrogens with zero attached hydrogens (tertiary/aromatic N) is 1. The van der Waals surface area contributed by atoms with Crippen molar-refractivity contribution in [2.24, 2.45) is 5.92 Å². The van der Waals surface area contributed by atoms with Gasteiger partial charge in [0.1, 0.15) is 0 Å². The summed E-state index contributed by atoms with van der Waals surface area (Å²) in [5.41, 5.74) is 0. The second-order valence-corrected chi connectivity index (χ2v) is 5.36. The Bertz CT molecular complexity index is 194. The third kappa shape index (κ3) is 4.81. The molecule has 0 aromatic rings. The summed E-state index contributed by atoms with van der Waals surface area (Å²) in [5, 5.41) is 3.53. The van der Waals surface area contributed by atoms with Gasteiger partial charge in [-0.3, -0.25) is 0 Å². The van der Waals surface area contributed by atoms with Gasteiger partial charge in [0.25, 0.3) is 0 Å². The largest absolute Gasteiger partial charge is 0.381 e. The van der Waals surface area contributed by atoms with E-state index in [-0.39, 0.29) is 0 Å². The molecule has 0 aromatic heterocycles. The van der Waals surface area contributed by atoms with E-state index >= 15 is 0 Å². The third-order valence-corrected chi connectivity index (χ3v) is 3.61. The smallest absolute Gasteiger partial charge is 0.0494 e. The second-order valence-electron chi connectivity index (χ2n) is 5.36. The van der Waals surface area contributed by atoms with Gasteiger partial charge in [-0.15, -0.1) is 0 Å². The van der Waals surface area contributed by atoms with Gasteiger partial charge in [-0.05, 0) is 45.1 Å². The molecule has 1 aliphatic heterocycles. The molecule has 0 spiro atoms. The van der Waals surface area contributed by atoms with Gasteiger partial charge in [-0.25, -0.2) is 0 Å². The summed E-state index contributed by atoms with van der Waals surface area (Å²) < 4.78 is 5.66. The molecule has 3 nitrogen and oxygen atoms in total. The minimum absolute atomic E-state index is 0.691. The summed E-state index contributed by atoms with van der Waals surface area (Å²) in [5.74, 6) is 0.906. The zero-order valence-corrected chi connectivity index (χ0v) is 10.6. The Kier molecular flexibility index (Phi) is 5.07. The highest BCUT2D eigenvalue weighted by molar-refractivity contribution is 4.73.